The molecule has 2 nitrogen and oxygen atoms in total. The highest BCUT2D eigenvalue weighted by atomic mass is 79.9. The first-order valence-corrected chi connectivity index (χ1v) is 5.25. The third-order valence-corrected chi connectivity index (χ3v) is 3.18. The number of rotatable bonds is 2. The van der Waals surface area contributed by atoms with E-state index in [2.05, 4.69) is 21.2 Å². The van der Waals surface area contributed by atoms with Gasteiger partial charge in [-0.05, 0) is 17.7 Å². The average molecular weight is 260 g/mol. The van der Waals surface area contributed by atoms with Gasteiger partial charge in [0.05, 0.1) is 5.60 Å². The Balaban J connectivity index is 2.16. The van der Waals surface area contributed by atoms with Gasteiger partial charge < -0.3 is 10.4 Å². The van der Waals surface area contributed by atoms with Crippen molar-refractivity contribution in [2.24, 2.45) is 0 Å². The number of aliphatic hydroxyl groups is 1. The lowest BCUT2D eigenvalue weighted by Crippen LogP contribution is -2.60. The maximum Gasteiger partial charge on any atom is 0.124 e. The molecule has 0 amide bonds. The molecule has 1 saturated heterocycles. The van der Waals surface area contributed by atoms with Gasteiger partial charge in [0, 0.05) is 24.0 Å². The Kier molecular flexibility index (Phi) is 2.60. The number of halogens is 2. The summed E-state index contributed by atoms with van der Waals surface area (Å²) in [7, 11) is 0. The van der Waals surface area contributed by atoms with E-state index >= 15 is 0 Å². The van der Waals surface area contributed by atoms with Gasteiger partial charge in [0.15, 0.2) is 0 Å². The first-order valence-electron chi connectivity index (χ1n) is 4.46. The highest BCUT2D eigenvalue weighted by molar-refractivity contribution is 9.10. The minimum atomic E-state index is -0.652. The molecule has 0 unspecified atom stereocenters. The zero-order valence-electron chi connectivity index (χ0n) is 7.56. The van der Waals surface area contributed by atoms with Gasteiger partial charge in [-0.3, -0.25) is 0 Å². The van der Waals surface area contributed by atoms with Gasteiger partial charge in [-0.25, -0.2) is 4.39 Å². The Morgan fingerprint density at radius 1 is 1.50 bits per heavy atom. The molecule has 1 aliphatic heterocycles. The second-order valence-electron chi connectivity index (χ2n) is 3.74. The van der Waals surface area contributed by atoms with Crippen LogP contribution in [0.1, 0.15) is 5.56 Å². The fourth-order valence-electron chi connectivity index (χ4n) is 1.56. The van der Waals surface area contributed by atoms with Gasteiger partial charge in [-0.1, -0.05) is 22.0 Å². The van der Waals surface area contributed by atoms with Gasteiger partial charge in [0.1, 0.15) is 5.82 Å². The predicted molar refractivity (Wildman–Crippen MR) is 55.6 cm³/mol. The summed E-state index contributed by atoms with van der Waals surface area (Å²) in [4.78, 5) is 0. The van der Waals surface area contributed by atoms with Crippen molar-refractivity contribution in [1.82, 2.24) is 5.32 Å². The predicted octanol–water partition coefficient (Wildman–Crippen LogP) is 1.47. The molecule has 2 N–H and O–H groups in total. The molecule has 1 heterocycles. The van der Waals surface area contributed by atoms with E-state index in [1.54, 1.807) is 6.07 Å². The van der Waals surface area contributed by atoms with E-state index in [4.69, 9.17) is 0 Å². The van der Waals surface area contributed by atoms with Crippen LogP contribution in [0.5, 0.6) is 0 Å². The maximum atomic E-state index is 12.8. The largest absolute Gasteiger partial charge is 0.387 e. The molecule has 0 atom stereocenters. The molecule has 2 rings (SSSR count). The second kappa shape index (κ2) is 3.61. The summed E-state index contributed by atoms with van der Waals surface area (Å²) in [6, 6.07) is 4.54. The normalized spacial score (nSPS) is 19.1. The van der Waals surface area contributed by atoms with Gasteiger partial charge in [0.25, 0.3) is 0 Å². The lowest BCUT2D eigenvalue weighted by Gasteiger charge is -2.37. The Morgan fingerprint density at radius 2 is 2.21 bits per heavy atom. The lowest BCUT2D eigenvalue weighted by atomic mass is 9.89. The van der Waals surface area contributed by atoms with Crippen molar-refractivity contribution in [1.29, 1.82) is 0 Å². The van der Waals surface area contributed by atoms with Crippen LogP contribution in [-0.2, 0) is 6.42 Å². The van der Waals surface area contributed by atoms with Crippen molar-refractivity contribution < 1.29 is 9.50 Å². The van der Waals surface area contributed by atoms with Crippen molar-refractivity contribution in [3.8, 4) is 0 Å². The molecule has 1 aliphatic rings. The first kappa shape index (κ1) is 10.1. The zero-order chi connectivity index (χ0) is 10.2. The number of β-amino-alcohol motifs (C(OH)–C–C–N with tert-alkyl or cyclic N) is 1. The summed E-state index contributed by atoms with van der Waals surface area (Å²) in [5.41, 5.74) is 0.288. The van der Waals surface area contributed by atoms with Crippen molar-refractivity contribution >= 4 is 15.9 Å². The fourth-order valence-corrected chi connectivity index (χ4v) is 2.05. The van der Waals surface area contributed by atoms with Gasteiger partial charge >= 0.3 is 0 Å². The molecule has 0 aromatic heterocycles. The summed E-state index contributed by atoms with van der Waals surface area (Å²) in [6.07, 6.45) is 0.556. The average Bonchev–Trinajstić information content (AvgIpc) is 2.07. The SMILES string of the molecule is OC1(Cc2ccc(F)cc2Br)CNC1. The van der Waals surface area contributed by atoms with Crippen LogP contribution in [0.25, 0.3) is 0 Å². The Hall–Kier alpha value is -0.450. The van der Waals surface area contributed by atoms with Crippen LogP contribution < -0.4 is 5.32 Å². The van der Waals surface area contributed by atoms with Gasteiger partial charge in [0.2, 0.25) is 0 Å². The standard InChI is InChI=1S/C10H11BrFNO/c11-9-3-8(12)2-1-7(9)4-10(14)5-13-6-10/h1-3,13-14H,4-6H2. The third kappa shape index (κ3) is 1.97. The Labute approximate surface area is 90.3 Å². The second-order valence-corrected chi connectivity index (χ2v) is 4.59. The molecule has 0 spiro atoms. The van der Waals surface area contributed by atoms with E-state index < -0.39 is 5.60 Å². The van der Waals surface area contributed by atoms with E-state index in [1.165, 1.54) is 12.1 Å². The molecular formula is C10H11BrFNO. The molecule has 76 valence electrons. The molecular weight excluding hydrogens is 249 g/mol. The number of nitrogens with one attached hydrogen (secondary N) is 1. The molecule has 1 aromatic rings. The fraction of sp³-hybridized carbons (Fsp3) is 0.400. The van der Waals surface area contributed by atoms with Crippen molar-refractivity contribution in [3.05, 3.63) is 34.1 Å². The molecule has 14 heavy (non-hydrogen) atoms. The van der Waals surface area contributed by atoms with Crippen LogP contribution in [0.15, 0.2) is 22.7 Å². The monoisotopic (exact) mass is 259 g/mol. The van der Waals surface area contributed by atoms with Gasteiger partial charge in [-0.15, -0.1) is 0 Å². The first-order chi connectivity index (χ1) is 6.59. The van der Waals surface area contributed by atoms with Crippen molar-refractivity contribution in [2.75, 3.05) is 13.1 Å². The van der Waals surface area contributed by atoms with Crippen LogP contribution >= 0.6 is 15.9 Å². The Bertz CT molecular complexity index is 352. The van der Waals surface area contributed by atoms with Crippen LogP contribution in [0.4, 0.5) is 4.39 Å². The van der Waals surface area contributed by atoms with Crippen molar-refractivity contribution in [3.63, 3.8) is 0 Å². The molecule has 1 aromatic carbocycles. The minimum absolute atomic E-state index is 0.264. The maximum absolute atomic E-state index is 12.8. The number of hydrogen-bond donors (Lipinski definition) is 2. The highest BCUT2D eigenvalue weighted by Crippen LogP contribution is 2.24. The van der Waals surface area contributed by atoms with E-state index in [1.807, 2.05) is 0 Å². The molecule has 4 heteroatoms. The Morgan fingerprint density at radius 3 is 2.71 bits per heavy atom. The zero-order valence-corrected chi connectivity index (χ0v) is 9.14. The molecule has 0 saturated carbocycles. The minimum Gasteiger partial charge on any atom is -0.387 e. The van der Waals surface area contributed by atoms with Crippen LogP contribution in [0.2, 0.25) is 0 Å². The molecule has 0 bridgehead atoms. The van der Waals surface area contributed by atoms with E-state index in [-0.39, 0.29) is 5.82 Å². The number of benzene rings is 1. The van der Waals surface area contributed by atoms with Gasteiger partial charge in [-0.2, -0.15) is 0 Å². The van der Waals surface area contributed by atoms with E-state index in [9.17, 15) is 9.50 Å². The molecule has 1 fully saturated rings. The van der Waals surface area contributed by atoms with E-state index in [0.29, 0.717) is 19.5 Å². The van der Waals surface area contributed by atoms with Crippen LogP contribution in [-0.4, -0.2) is 23.8 Å². The number of hydrogen-bond acceptors (Lipinski definition) is 2. The smallest absolute Gasteiger partial charge is 0.124 e. The quantitative estimate of drug-likeness (QED) is 0.843. The molecule has 0 aliphatic carbocycles. The third-order valence-electron chi connectivity index (χ3n) is 2.44. The van der Waals surface area contributed by atoms with Crippen molar-refractivity contribution in [2.45, 2.75) is 12.0 Å². The molecule has 0 radical (unpaired) electrons. The summed E-state index contributed by atoms with van der Waals surface area (Å²) in [6.45, 7) is 1.22. The summed E-state index contributed by atoms with van der Waals surface area (Å²) >= 11 is 3.28. The van der Waals surface area contributed by atoms with Crippen LogP contribution in [0, 0.1) is 5.82 Å². The van der Waals surface area contributed by atoms with E-state index in [0.717, 1.165) is 10.0 Å². The summed E-state index contributed by atoms with van der Waals surface area (Å²) in [5, 5.41) is 12.9. The topological polar surface area (TPSA) is 32.3 Å². The summed E-state index contributed by atoms with van der Waals surface area (Å²) in [5.74, 6) is -0.264. The summed E-state index contributed by atoms with van der Waals surface area (Å²) < 4.78 is 13.5. The van der Waals surface area contributed by atoms with Crippen LogP contribution in [0.3, 0.4) is 0 Å². The lowest BCUT2D eigenvalue weighted by molar-refractivity contribution is -0.00916. The highest BCUT2D eigenvalue weighted by Gasteiger charge is 2.34.